The first-order valence-corrected chi connectivity index (χ1v) is 8.17. The summed E-state index contributed by atoms with van der Waals surface area (Å²) >= 11 is 0. The number of benzene rings is 1. The second-order valence-corrected chi connectivity index (χ2v) is 6.13. The third-order valence-corrected chi connectivity index (χ3v) is 4.44. The molecule has 0 radical (unpaired) electrons. The minimum atomic E-state index is -0.237. The predicted molar refractivity (Wildman–Crippen MR) is 90.0 cm³/mol. The average molecular weight is 328 g/mol. The van der Waals surface area contributed by atoms with E-state index in [-0.39, 0.29) is 17.6 Å². The van der Waals surface area contributed by atoms with Gasteiger partial charge in [-0.1, -0.05) is 12.1 Å². The lowest BCUT2D eigenvalue weighted by molar-refractivity contribution is -0.125. The number of amides is 1. The third-order valence-electron chi connectivity index (χ3n) is 4.44. The highest BCUT2D eigenvalue weighted by Crippen LogP contribution is 2.21. The Morgan fingerprint density at radius 2 is 2.12 bits per heavy atom. The molecule has 5 nitrogen and oxygen atoms in total. The Balaban J connectivity index is 1.49. The van der Waals surface area contributed by atoms with E-state index in [1.54, 1.807) is 31.6 Å². The maximum Gasteiger partial charge on any atom is 0.223 e. The summed E-state index contributed by atoms with van der Waals surface area (Å²) in [7, 11) is 0. The molecule has 0 aliphatic carbocycles. The fourth-order valence-corrected chi connectivity index (χ4v) is 2.91. The standard InChI is InChI=1S/C18H21FN4O/c1-13-2-3-14(10-16(13)19)11-22-18(24)15-4-8-23(9-5-15)17-12-20-6-7-21-17/h2-3,6-7,10,12,15H,4-5,8-9,11H2,1H3,(H,22,24). The van der Waals surface area contributed by atoms with Gasteiger partial charge in [-0.15, -0.1) is 0 Å². The average Bonchev–Trinajstić information content (AvgIpc) is 2.63. The molecule has 1 aliphatic heterocycles. The Labute approximate surface area is 140 Å². The Kier molecular flexibility index (Phi) is 5.03. The van der Waals surface area contributed by atoms with Crippen LogP contribution in [0.5, 0.6) is 0 Å². The Hall–Kier alpha value is -2.50. The monoisotopic (exact) mass is 328 g/mol. The summed E-state index contributed by atoms with van der Waals surface area (Å²) < 4.78 is 13.5. The van der Waals surface area contributed by atoms with Crippen LogP contribution in [0, 0.1) is 18.7 Å². The number of halogens is 1. The number of carbonyl (C=O) groups excluding carboxylic acids is 1. The van der Waals surface area contributed by atoms with Crippen LogP contribution in [0.1, 0.15) is 24.0 Å². The van der Waals surface area contributed by atoms with E-state index in [1.807, 2.05) is 6.07 Å². The first-order chi connectivity index (χ1) is 11.6. The van der Waals surface area contributed by atoms with Crippen molar-refractivity contribution < 1.29 is 9.18 Å². The van der Waals surface area contributed by atoms with Crippen molar-refractivity contribution in [2.45, 2.75) is 26.3 Å². The minimum Gasteiger partial charge on any atom is -0.355 e. The lowest BCUT2D eigenvalue weighted by atomic mass is 9.96. The zero-order valence-corrected chi connectivity index (χ0v) is 13.7. The van der Waals surface area contributed by atoms with Crippen LogP contribution >= 0.6 is 0 Å². The fourth-order valence-electron chi connectivity index (χ4n) is 2.91. The molecule has 1 N–H and O–H groups in total. The third kappa shape index (κ3) is 3.88. The van der Waals surface area contributed by atoms with Crippen molar-refractivity contribution in [3.05, 3.63) is 53.7 Å². The summed E-state index contributed by atoms with van der Waals surface area (Å²) in [5.74, 6) is 0.647. The van der Waals surface area contributed by atoms with E-state index in [9.17, 15) is 9.18 Å². The highest BCUT2D eigenvalue weighted by atomic mass is 19.1. The fraction of sp³-hybridized carbons (Fsp3) is 0.389. The van der Waals surface area contributed by atoms with Crippen LogP contribution in [-0.4, -0.2) is 29.0 Å². The lowest BCUT2D eigenvalue weighted by Crippen LogP contribution is -2.40. The van der Waals surface area contributed by atoms with Gasteiger partial charge in [0.2, 0.25) is 5.91 Å². The van der Waals surface area contributed by atoms with Crippen LogP contribution in [0.25, 0.3) is 0 Å². The van der Waals surface area contributed by atoms with Crippen molar-refractivity contribution in [1.82, 2.24) is 15.3 Å². The van der Waals surface area contributed by atoms with Crippen LogP contribution < -0.4 is 10.2 Å². The number of piperidine rings is 1. The maximum atomic E-state index is 13.5. The van der Waals surface area contributed by atoms with Gasteiger partial charge in [-0.3, -0.25) is 9.78 Å². The predicted octanol–water partition coefficient (Wildman–Crippen LogP) is 2.46. The number of carbonyl (C=O) groups is 1. The molecule has 1 amide bonds. The molecule has 2 heterocycles. The zero-order chi connectivity index (χ0) is 16.9. The Morgan fingerprint density at radius 3 is 2.79 bits per heavy atom. The number of nitrogens with zero attached hydrogens (tertiary/aromatic N) is 3. The highest BCUT2D eigenvalue weighted by molar-refractivity contribution is 5.79. The van der Waals surface area contributed by atoms with Crippen molar-refractivity contribution in [1.29, 1.82) is 0 Å². The molecule has 1 aromatic carbocycles. The van der Waals surface area contributed by atoms with E-state index < -0.39 is 0 Å². The van der Waals surface area contributed by atoms with Crippen molar-refractivity contribution in [2.75, 3.05) is 18.0 Å². The number of aromatic nitrogens is 2. The topological polar surface area (TPSA) is 58.1 Å². The number of aryl methyl sites for hydroxylation is 1. The van der Waals surface area contributed by atoms with E-state index in [4.69, 9.17) is 0 Å². The van der Waals surface area contributed by atoms with Gasteiger partial charge in [0.05, 0.1) is 6.20 Å². The SMILES string of the molecule is Cc1ccc(CNC(=O)C2CCN(c3cnccn3)CC2)cc1F. The van der Waals surface area contributed by atoms with Gasteiger partial charge >= 0.3 is 0 Å². The molecule has 0 atom stereocenters. The van der Waals surface area contributed by atoms with Gasteiger partial charge in [-0.05, 0) is 37.0 Å². The summed E-state index contributed by atoms with van der Waals surface area (Å²) in [6.07, 6.45) is 6.63. The normalized spacial score (nSPS) is 15.3. The molecule has 1 fully saturated rings. The summed E-state index contributed by atoms with van der Waals surface area (Å²) in [5.41, 5.74) is 1.39. The number of rotatable bonds is 4. The number of anilines is 1. The smallest absolute Gasteiger partial charge is 0.223 e. The molecule has 1 saturated heterocycles. The number of nitrogens with one attached hydrogen (secondary N) is 1. The molecule has 2 aromatic rings. The van der Waals surface area contributed by atoms with Gasteiger partial charge in [0.1, 0.15) is 11.6 Å². The molecule has 3 rings (SSSR count). The van der Waals surface area contributed by atoms with Crippen molar-refractivity contribution in [2.24, 2.45) is 5.92 Å². The molecule has 0 spiro atoms. The second-order valence-electron chi connectivity index (χ2n) is 6.13. The molecule has 1 aromatic heterocycles. The number of hydrogen-bond acceptors (Lipinski definition) is 4. The van der Waals surface area contributed by atoms with E-state index in [2.05, 4.69) is 20.2 Å². The van der Waals surface area contributed by atoms with Crippen molar-refractivity contribution >= 4 is 11.7 Å². The second kappa shape index (κ2) is 7.38. The van der Waals surface area contributed by atoms with Gasteiger partial charge < -0.3 is 10.2 Å². The maximum absolute atomic E-state index is 13.5. The summed E-state index contributed by atoms with van der Waals surface area (Å²) in [6.45, 7) is 3.66. The van der Waals surface area contributed by atoms with Gasteiger partial charge in [-0.2, -0.15) is 0 Å². The molecular formula is C18H21FN4O. The molecule has 6 heteroatoms. The largest absolute Gasteiger partial charge is 0.355 e. The van der Waals surface area contributed by atoms with E-state index in [1.165, 1.54) is 6.07 Å². The molecule has 0 saturated carbocycles. The molecular weight excluding hydrogens is 307 g/mol. The lowest BCUT2D eigenvalue weighted by Gasteiger charge is -2.31. The van der Waals surface area contributed by atoms with Crippen molar-refractivity contribution in [3.8, 4) is 0 Å². The van der Waals surface area contributed by atoms with E-state index in [0.717, 1.165) is 37.3 Å². The van der Waals surface area contributed by atoms with Crippen LogP contribution in [0.3, 0.4) is 0 Å². The summed E-state index contributed by atoms with van der Waals surface area (Å²) in [5, 5.41) is 2.92. The molecule has 126 valence electrons. The minimum absolute atomic E-state index is 0.00628. The highest BCUT2D eigenvalue weighted by Gasteiger charge is 2.25. The Bertz CT molecular complexity index is 699. The van der Waals surface area contributed by atoms with Gasteiger partial charge in [0.25, 0.3) is 0 Å². The zero-order valence-electron chi connectivity index (χ0n) is 13.7. The molecule has 0 unspecified atom stereocenters. The molecule has 0 bridgehead atoms. The molecule has 1 aliphatic rings. The van der Waals surface area contributed by atoms with Crippen LogP contribution in [0.2, 0.25) is 0 Å². The van der Waals surface area contributed by atoms with Crippen LogP contribution in [0.15, 0.2) is 36.8 Å². The van der Waals surface area contributed by atoms with Crippen LogP contribution in [0.4, 0.5) is 10.2 Å². The summed E-state index contributed by atoms with van der Waals surface area (Å²) in [6, 6.07) is 5.05. The summed E-state index contributed by atoms with van der Waals surface area (Å²) in [4.78, 5) is 22.8. The quantitative estimate of drug-likeness (QED) is 0.937. The van der Waals surface area contributed by atoms with Gasteiger partial charge in [0, 0.05) is 37.9 Å². The van der Waals surface area contributed by atoms with E-state index >= 15 is 0 Å². The van der Waals surface area contributed by atoms with Gasteiger partial charge in [-0.25, -0.2) is 9.37 Å². The van der Waals surface area contributed by atoms with E-state index in [0.29, 0.717) is 12.1 Å². The Morgan fingerprint density at radius 1 is 1.33 bits per heavy atom. The first-order valence-electron chi connectivity index (χ1n) is 8.17. The number of hydrogen-bond donors (Lipinski definition) is 1. The molecule has 24 heavy (non-hydrogen) atoms. The van der Waals surface area contributed by atoms with Crippen LogP contribution in [-0.2, 0) is 11.3 Å². The van der Waals surface area contributed by atoms with Crippen molar-refractivity contribution in [3.63, 3.8) is 0 Å². The first kappa shape index (κ1) is 16.4. The van der Waals surface area contributed by atoms with Gasteiger partial charge in [0.15, 0.2) is 0 Å².